The quantitative estimate of drug-likeness (QED) is 0.599. The molecule has 0 aliphatic heterocycles. The summed E-state index contributed by atoms with van der Waals surface area (Å²) in [7, 11) is 0. The standard InChI is InChI=1S/C16H12OS/c1-10-8-14-13(15(18)9-10)7-6-11-4-2-3-5-12(11)16(14)17/h2-9,18H,1H3. The number of hydrogen-bond acceptors (Lipinski definition) is 2. The van der Waals surface area contributed by atoms with Crippen molar-refractivity contribution in [3.8, 4) is 0 Å². The van der Waals surface area contributed by atoms with E-state index >= 15 is 0 Å². The van der Waals surface area contributed by atoms with Crippen LogP contribution in [0.15, 0.2) is 58.2 Å². The fourth-order valence-electron chi connectivity index (χ4n) is 2.31. The summed E-state index contributed by atoms with van der Waals surface area (Å²) in [6, 6.07) is 15.5. The molecule has 3 rings (SSSR count). The Kier molecular flexibility index (Phi) is 2.60. The van der Waals surface area contributed by atoms with Crippen molar-refractivity contribution in [3.63, 3.8) is 0 Å². The summed E-state index contributed by atoms with van der Waals surface area (Å²) in [5.74, 6) is 0. The topological polar surface area (TPSA) is 17.1 Å². The zero-order chi connectivity index (χ0) is 12.7. The lowest BCUT2D eigenvalue weighted by Crippen LogP contribution is -1.98. The van der Waals surface area contributed by atoms with E-state index in [-0.39, 0.29) is 5.43 Å². The molecule has 18 heavy (non-hydrogen) atoms. The first-order valence-corrected chi connectivity index (χ1v) is 6.27. The molecule has 88 valence electrons. The van der Waals surface area contributed by atoms with Gasteiger partial charge in [0.15, 0.2) is 5.43 Å². The van der Waals surface area contributed by atoms with Crippen LogP contribution >= 0.6 is 12.6 Å². The van der Waals surface area contributed by atoms with E-state index in [0.29, 0.717) is 0 Å². The highest BCUT2D eigenvalue weighted by Crippen LogP contribution is 2.23. The van der Waals surface area contributed by atoms with Crippen LogP contribution in [0.25, 0.3) is 21.5 Å². The third-order valence-corrected chi connectivity index (χ3v) is 3.55. The van der Waals surface area contributed by atoms with Gasteiger partial charge in [-0.05, 0) is 35.4 Å². The Morgan fingerprint density at radius 3 is 2.50 bits per heavy atom. The van der Waals surface area contributed by atoms with Crippen LogP contribution in [0, 0.1) is 6.92 Å². The van der Waals surface area contributed by atoms with Gasteiger partial charge in [-0.2, -0.15) is 0 Å². The summed E-state index contributed by atoms with van der Waals surface area (Å²) in [5, 5.41) is 3.36. The number of rotatable bonds is 0. The monoisotopic (exact) mass is 252 g/mol. The van der Waals surface area contributed by atoms with E-state index in [1.165, 1.54) is 0 Å². The first-order valence-electron chi connectivity index (χ1n) is 5.82. The number of hydrogen-bond donors (Lipinski definition) is 1. The van der Waals surface area contributed by atoms with E-state index in [2.05, 4.69) is 12.6 Å². The average molecular weight is 252 g/mol. The molecule has 3 aromatic carbocycles. The summed E-state index contributed by atoms with van der Waals surface area (Å²) in [4.78, 5) is 13.4. The van der Waals surface area contributed by atoms with Crippen LogP contribution in [0.1, 0.15) is 5.56 Å². The van der Waals surface area contributed by atoms with Crippen LogP contribution in [0.4, 0.5) is 0 Å². The summed E-state index contributed by atoms with van der Waals surface area (Å²) in [6.07, 6.45) is 0. The SMILES string of the molecule is Cc1cc(S)c2ccc3ccccc3c(=O)c2c1. The van der Waals surface area contributed by atoms with E-state index in [1.54, 1.807) is 0 Å². The molecular formula is C16H12OS. The van der Waals surface area contributed by atoms with E-state index < -0.39 is 0 Å². The van der Waals surface area contributed by atoms with Gasteiger partial charge in [-0.25, -0.2) is 0 Å². The molecule has 2 heteroatoms. The molecule has 0 aromatic heterocycles. The number of fused-ring (bicyclic) bond motifs is 2. The molecule has 0 spiro atoms. The summed E-state index contributed by atoms with van der Waals surface area (Å²) in [5.41, 5.74) is 1.13. The zero-order valence-corrected chi connectivity index (χ0v) is 10.9. The van der Waals surface area contributed by atoms with Crippen molar-refractivity contribution in [3.05, 3.63) is 64.3 Å². The molecule has 0 N–H and O–H groups in total. The van der Waals surface area contributed by atoms with E-state index in [0.717, 1.165) is 32.0 Å². The second kappa shape index (κ2) is 4.14. The summed E-state index contributed by atoms with van der Waals surface area (Å²) >= 11 is 4.47. The minimum atomic E-state index is 0.0737. The molecule has 0 aliphatic rings. The van der Waals surface area contributed by atoms with Crippen molar-refractivity contribution in [2.75, 3.05) is 0 Å². The Balaban J connectivity index is 2.67. The van der Waals surface area contributed by atoms with Crippen LogP contribution in [0.2, 0.25) is 0 Å². The lowest BCUT2D eigenvalue weighted by molar-refractivity contribution is 1.42. The van der Waals surface area contributed by atoms with Crippen LogP contribution < -0.4 is 5.43 Å². The molecule has 0 saturated carbocycles. The van der Waals surface area contributed by atoms with Crippen molar-refractivity contribution in [2.45, 2.75) is 11.8 Å². The predicted octanol–water partition coefficient (Wildman–Crippen LogP) is 3.95. The highest BCUT2D eigenvalue weighted by Gasteiger charge is 2.04. The Bertz CT molecular complexity index is 822. The second-order valence-electron chi connectivity index (χ2n) is 4.49. The molecular weight excluding hydrogens is 240 g/mol. The predicted molar refractivity (Wildman–Crippen MR) is 79.7 cm³/mol. The van der Waals surface area contributed by atoms with Gasteiger partial charge in [0.25, 0.3) is 0 Å². The van der Waals surface area contributed by atoms with Gasteiger partial charge in [-0.3, -0.25) is 4.79 Å². The highest BCUT2D eigenvalue weighted by atomic mass is 32.1. The molecule has 0 unspecified atom stereocenters. The first kappa shape index (κ1) is 11.3. The maximum absolute atomic E-state index is 12.6. The third kappa shape index (κ3) is 1.70. The molecule has 0 aliphatic carbocycles. The highest BCUT2D eigenvalue weighted by molar-refractivity contribution is 7.80. The fraction of sp³-hybridized carbons (Fsp3) is 0.0625. The van der Waals surface area contributed by atoms with Crippen molar-refractivity contribution in [1.29, 1.82) is 0 Å². The fourth-order valence-corrected chi connectivity index (χ4v) is 2.71. The van der Waals surface area contributed by atoms with Crippen LogP contribution in [-0.2, 0) is 0 Å². The maximum Gasteiger partial charge on any atom is 0.194 e. The Morgan fingerprint density at radius 1 is 0.889 bits per heavy atom. The Labute approximate surface area is 110 Å². The molecule has 0 heterocycles. The largest absolute Gasteiger partial charge is 0.289 e. The number of aryl methyl sites for hydroxylation is 1. The van der Waals surface area contributed by atoms with E-state index in [1.807, 2.05) is 55.5 Å². The van der Waals surface area contributed by atoms with Crippen LogP contribution in [0.3, 0.4) is 0 Å². The third-order valence-electron chi connectivity index (χ3n) is 3.18. The van der Waals surface area contributed by atoms with Crippen molar-refractivity contribution in [1.82, 2.24) is 0 Å². The number of benzene rings is 2. The van der Waals surface area contributed by atoms with E-state index in [9.17, 15) is 4.79 Å². The molecule has 0 amide bonds. The Morgan fingerprint density at radius 2 is 1.67 bits per heavy atom. The summed E-state index contributed by atoms with van der Waals surface area (Å²) in [6.45, 7) is 1.98. The first-order chi connectivity index (χ1) is 8.66. The van der Waals surface area contributed by atoms with Crippen LogP contribution in [-0.4, -0.2) is 0 Å². The van der Waals surface area contributed by atoms with Gasteiger partial charge in [0.05, 0.1) is 0 Å². The van der Waals surface area contributed by atoms with Crippen molar-refractivity contribution in [2.24, 2.45) is 0 Å². The van der Waals surface area contributed by atoms with Gasteiger partial charge in [-0.1, -0.05) is 36.4 Å². The van der Waals surface area contributed by atoms with Gasteiger partial charge < -0.3 is 0 Å². The smallest absolute Gasteiger partial charge is 0.194 e. The van der Waals surface area contributed by atoms with Gasteiger partial charge in [-0.15, -0.1) is 12.6 Å². The molecule has 0 radical (unpaired) electrons. The number of thiol groups is 1. The zero-order valence-electron chi connectivity index (χ0n) is 9.97. The molecule has 0 fully saturated rings. The van der Waals surface area contributed by atoms with Crippen molar-refractivity contribution < 1.29 is 0 Å². The average Bonchev–Trinajstić information content (AvgIpc) is 2.49. The van der Waals surface area contributed by atoms with Crippen LogP contribution in [0.5, 0.6) is 0 Å². The lowest BCUT2D eigenvalue weighted by Gasteiger charge is -1.99. The van der Waals surface area contributed by atoms with E-state index in [4.69, 9.17) is 0 Å². The normalized spacial score (nSPS) is 11.0. The van der Waals surface area contributed by atoms with Gasteiger partial charge >= 0.3 is 0 Å². The molecule has 0 saturated heterocycles. The van der Waals surface area contributed by atoms with Gasteiger partial charge in [0.1, 0.15) is 0 Å². The lowest BCUT2D eigenvalue weighted by atomic mass is 10.1. The molecule has 0 bridgehead atoms. The molecule has 0 atom stereocenters. The molecule has 3 aromatic rings. The molecule has 1 nitrogen and oxygen atoms in total. The maximum atomic E-state index is 12.6. The minimum Gasteiger partial charge on any atom is -0.289 e. The van der Waals surface area contributed by atoms with Gasteiger partial charge in [0.2, 0.25) is 0 Å². The van der Waals surface area contributed by atoms with Crippen molar-refractivity contribution >= 4 is 34.2 Å². The summed E-state index contributed by atoms with van der Waals surface area (Å²) < 4.78 is 0. The van der Waals surface area contributed by atoms with Gasteiger partial charge in [0, 0.05) is 15.7 Å². The minimum absolute atomic E-state index is 0.0737. The Hall–Kier alpha value is -1.80. The second-order valence-corrected chi connectivity index (χ2v) is 4.98.